The first kappa shape index (κ1) is 23.7. The number of allylic oxidation sites excluding steroid dienone is 1. The summed E-state index contributed by atoms with van der Waals surface area (Å²) in [4.78, 5) is 31.2. The zero-order chi connectivity index (χ0) is 23.1. The second-order valence-electron chi connectivity index (χ2n) is 8.85. The minimum atomic E-state index is -0.118. The van der Waals surface area contributed by atoms with Crippen molar-refractivity contribution in [3.05, 3.63) is 59.7 Å². The van der Waals surface area contributed by atoms with Gasteiger partial charge < -0.3 is 15.1 Å². The fraction of sp³-hybridized carbons (Fsp3) is 0.480. The number of likely N-dealkylation sites (N-methyl/N-ethyl adjacent to an activating group) is 1. The molecule has 1 saturated heterocycles. The molecule has 3 amide bonds. The van der Waals surface area contributed by atoms with Gasteiger partial charge >= 0.3 is 6.03 Å². The summed E-state index contributed by atoms with van der Waals surface area (Å²) in [6.45, 7) is 3.60. The molecule has 0 aromatic heterocycles. The number of benzene rings is 1. The number of nitrogens with one attached hydrogen (secondary N) is 2. The highest BCUT2D eigenvalue weighted by atomic mass is 16.2. The van der Waals surface area contributed by atoms with Gasteiger partial charge in [-0.15, -0.1) is 0 Å². The summed E-state index contributed by atoms with van der Waals surface area (Å²) in [6, 6.07) is 9.74. The first-order valence-corrected chi connectivity index (χ1v) is 11.4. The highest BCUT2D eigenvalue weighted by molar-refractivity contribution is 6.08. The molecule has 174 valence electrons. The number of urea groups is 1. The number of amidine groups is 1. The van der Waals surface area contributed by atoms with E-state index < -0.39 is 0 Å². The lowest BCUT2D eigenvalue weighted by Gasteiger charge is -2.44. The van der Waals surface area contributed by atoms with Crippen LogP contribution in [0.1, 0.15) is 39.6 Å². The van der Waals surface area contributed by atoms with Crippen LogP contribution >= 0.6 is 0 Å². The van der Waals surface area contributed by atoms with Crippen LogP contribution in [0.5, 0.6) is 0 Å². The Hall–Kier alpha value is -2.93. The Bertz CT molecular complexity index is 884. The molecule has 2 fully saturated rings. The lowest BCUT2D eigenvalue weighted by Crippen LogP contribution is -2.58. The van der Waals surface area contributed by atoms with Gasteiger partial charge in [0.2, 0.25) is 5.91 Å². The molecule has 2 unspecified atom stereocenters. The Morgan fingerprint density at radius 2 is 2.03 bits per heavy atom. The van der Waals surface area contributed by atoms with Crippen LogP contribution in [0.25, 0.3) is 0 Å². The number of carbonyl (C=O) groups excluding carboxylic acids is 2. The summed E-state index contributed by atoms with van der Waals surface area (Å²) in [5, 5.41) is 11.8. The summed E-state index contributed by atoms with van der Waals surface area (Å²) >= 11 is 0. The third-order valence-corrected chi connectivity index (χ3v) is 6.05. The van der Waals surface area contributed by atoms with Gasteiger partial charge in [-0.05, 0) is 52.3 Å². The van der Waals surface area contributed by atoms with E-state index in [9.17, 15) is 9.59 Å². The number of hydrogen-bond acceptors (Lipinski definition) is 4. The molecular formula is C25H37N5O2. The maximum absolute atomic E-state index is 13.4. The number of hydrogen-bond donors (Lipinski definition) is 2. The molecule has 0 radical (unpaired) electrons. The molecule has 0 spiro atoms. The van der Waals surface area contributed by atoms with E-state index in [1.165, 1.54) is 0 Å². The molecule has 1 aliphatic carbocycles. The van der Waals surface area contributed by atoms with Crippen LogP contribution in [0.4, 0.5) is 4.79 Å². The Balaban J connectivity index is 0.00000385. The monoisotopic (exact) mass is 439 g/mol. The molecule has 2 aliphatic rings. The van der Waals surface area contributed by atoms with Crippen molar-refractivity contribution in [3.63, 3.8) is 0 Å². The van der Waals surface area contributed by atoms with Crippen molar-refractivity contribution in [2.24, 2.45) is 0 Å². The van der Waals surface area contributed by atoms with Crippen molar-refractivity contribution < 1.29 is 11.0 Å². The first-order chi connectivity index (χ1) is 15.4. The Morgan fingerprint density at radius 1 is 1.28 bits per heavy atom. The molecule has 3 rings (SSSR count). The number of amides is 3. The van der Waals surface area contributed by atoms with Crippen LogP contribution < -0.4 is 5.32 Å². The van der Waals surface area contributed by atoms with E-state index in [0.29, 0.717) is 31.9 Å². The van der Waals surface area contributed by atoms with Crippen molar-refractivity contribution in [1.29, 1.82) is 5.41 Å². The Morgan fingerprint density at radius 3 is 2.72 bits per heavy atom. The van der Waals surface area contributed by atoms with Gasteiger partial charge in [0.25, 0.3) is 0 Å². The second kappa shape index (κ2) is 11.1. The van der Waals surface area contributed by atoms with Crippen molar-refractivity contribution in [2.75, 3.05) is 27.2 Å². The minimum absolute atomic E-state index is 0. The molecule has 1 saturated carbocycles. The molecule has 0 bridgehead atoms. The molecule has 1 aromatic carbocycles. The Kier molecular flexibility index (Phi) is 8.22. The fourth-order valence-electron chi connectivity index (χ4n) is 4.39. The van der Waals surface area contributed by atoms with Crippen LogP contribution in [-0.4, -0.2) is 71.7 Å². The molecule has 1 aromatic rings. The SMILES string of the molecule is C/C=C1/CN(Cc2ccccc2)C(=O)N(C2CCCC(NC(=O)/C=C/CN(C)C)C2)C1=N.[HH]. The van der Waals surface area contributed by atoms with E-state index in [2.05, 4.69) is 5.32 Å². The van der Waals surface area contributed by atoms with Crippen LogP contribution in [0.3, 0.4) is 0 Å². The maximum Gasteiger partial charge on any atom is 0.326 e. The van der Waals surface area contributed by atoms with Crippen molar-refractivity contribution in [1.82, 2.24) is 20.0 Å². The highest BCUT2D eigenvalue weighted by Gasteiger charge is 2.39. The van der Waals surface area contributed by atoms with E-state index in [4.69, 9.17) is 5.41 Å². The van der Waals surface area contributed by atoms with Crippen molar-refractivity contribution in [3.8, 4) is 0 Å². The van der Waals surface area contributed by atoms with Gasteiger partial charge in [-0.2, -0.15) is 0 Å². The predicted molar refractivity (Wildman–Crippen MR) is 130 cm³/mol. The van der Waals surface area contributed by atoms with E-state index in [-0.39, 0.29) is 25.4 Å². The topological polar surface area (TPSA) is 79.7 Å². The number of carbonyl (C=O) groups is 2. The summed E-state index contributed by atoms with van der Waals surface area (Å²) in [7, 11) is 3.91. The zero-order valence-electron chi connectivity index (χ0n) is 19.4. The summed E-state index contributed by atoms with van der Waals surface area (Å²) in [5.74, 6) is 0.196. The molecule has 2 N–H and O–H groups in total. The minimum Gasteiger partial charge on any atom is -0.350 e. The largest absolute Gasteiger partial charge is 0.350 e. The molecular weight excluding hydrogens is 402 g/mol. The lowest BCUT2D eigenvalue weighted by molar-refractivity contribution is -0.117. The highest BCUT2D eigenvalue weighted by Crippen LogP contribution is 2.29. The van der Waals surface area contributed by atoms with Gasteiger partial charge in [-0.25, -0.2) is 4.79 Å². The van der Waals surface area contributed by atoms with Gasteiger partial charge in [0.1, 0.15) is 5.84 Å². The van der Waals surface area contributed by atoms with Crippen molar-refractivity contribution in [2.45, 2.75) is 51.2 Å². The molecule has 7 heteroatoms. The van der Waals surface area contributed by atoms with Gasteiger partial charge in [0.15, 0.2) is 0 Å². The average molecular weight is 440 g/mol. The maximum atomic E-state index is 13.4. The molecule has 32 heavy (non-hydrogen) atoms. The standard InChI is InChI=1S/C25H35N5O2.H2/c1-4-20-18-29(17-19-10-6-5-7-11-19)25(32)30(24(20)26)22-13-8-12-21(16-22)27-23(31)14-9-15-28(2)3;/h4-7,9-11,14,21-22,26H,8,12-13,15-18H2,1-3H3,(H,27,31);1H/b14-9+,20-4-,26-24?;. The molecule has 2 atom stereocenters. The van der Waals surface area contributed by atoms with E-state index in [1.807, 2.05) is 73.3 Å². The Labute approximate surface area is 192 Å². The molecule has 1 heterocycles. The van der Waals surface area contributed by atoms with Gasteiger partial charge in [0, 0.05) is 38.2 Å². The normalized spacial score (nSPS) is 23.4. The van der Waals surface area contributed by atoms with Crippen LogP contribution in [-0.2, 0) is 11.3 Å². The summed E-state index contributed by atoms with van der Waals surface area (Å²) < 4.78 is 0. The van der Waals surface area contributed by atoms with E-state index >= 15 is 0 Å². The quantitative estimate of drug-likeness (QED) is 0.637. The third kappa shape index (κ3) is 6.07. The molecule has 1 aliphatic heterocycles. The average Bonchev–Trinajstić information content (AvgIpc) is 2.76. The van der Waals surface area contributed by atoms with E-state index in [0.717, 1.165) is 30.4 Å². The van der Waals surface area contributed by atoms with Gasteiger partial charge in [-0.3, -0.25) is 15.1 Å². The van der Waals surface area contributed by atoms with Crippen molar-refractivity contribution >= 4 is 17.8 Å². The summed E-state index contributed by atoms with van der Waals surface area (Å²) in [6.07, 6.45) is 8.67. The fourth-order valence-corrected chi connectivity index (χ4v) is 4.39. The number of nitrogens with zero attached hydrogens (tertiary/aromatic N) is 3. The molecule has 7 nitrogen and oxygen atoms in total. The first-order valence-electron chi connectivity index (χ1n) is 11.4. The van der Waals surface area contributed by atoms with Crippen LogP contribution in [0.2, 0.25) is 0 Å². The third-order valence-electron chi connectivity index (χ3n) is 6.05. The summed E-state index contributed by atoms with van der Waals surface area (Å²) in [5.41, 5.74) is 1.93. The van der Waals surface area contributed by atoms with Gasteiger partial charge in [-0.1, -0.05) is 42.5 Å². The zero-order valence-corrected chi connectivity index (χ0v) is 19.4. The smallest absolute Gasteiger partial charge is 0.326 e. The van der Waals surface area contributed by atoms with E-state index in [1.54, 1.807) is 11.0 Å². The van der Waals surface area contributed by atoms with Crippen LogP contribution in [0, 0.1) is 5.41 Å². The van der Waals surface area contributed by atoms with Crippen LogP contribution in [0.15, 0.2) is 54.1 Å². The second-order valence-corrected chi connectivity index (χ2v) is 8.85. The number of rotatable bonds is 7. The predicted octanol–water partition coefficient (Wildman–Crippen LogP) is 3.64. The lowest BCUT2D eigenvalue weighted by atomic mass is 9.89. The van der Waals surface area contributed by atoms with Gasteiger partial charge in [0.05, 0.1) is 6.54 Å².